The summed E-state index contributed by atoms with van der Waals surface area (Å²) in [6.45, 7) is 0.323. The fourth-order valence-electron chi connectivity index (χ4n) is 1.53. The minimum absolute atomic E-state index is 0.0537. The molecule has 1 aromatic heterocycles. The van der Waals surface area contributed by atoms with Crippen molar-refractivity contribution >= 4 is 17.4 Å². The highest BCUT2D eigenvalue weighted by molar-refractivity contribution is 6.30. The summed E-state index contributed by atoms with van der Waals surface area (Å²) in [7, 11) is 0. The Hall–Kier alpha value is -2.39. The Labute approximate surface area is 107 Å². The largest absolute Gasteiger partial charge is 0.407 e. The van der Waals surface area contributed by atoms with Crippen LogP contribution in [0, 0.1) is 21.4 Å². The first kappa shape index (κ1) is 12.1. The van der Waals surface area contributed by atoms with E-state index in [-0.39, 0.29) is 5.56 Å². The van der Waals surface area contributed by atoms with E-state index in [2.05, 4.69) is 5.10 Å². The molecule has 18 heavy (non-hydrogen) atoms. The molecule has 1 heterocycles. The maximum Gasteiger partial charge on any atom is 0.407 e. The van der Waals surface area contributed by atoms with Gasteiger partial charge in [-0.15, -0.1) is 0 Å². The lowest BCUT2D eigenvalue weighted by Crippen LogP contribution is -2.01. The number of hydrogen-bond donors (Lipinski definition) is 0. The van der Waals surface area contributed by atoms with Gasteiger partial charge in [0.15, 0.2) is 5.56 Å². The highest BCUT2D eigenvalue weighted by atomic mass is 35.5. The summed E-state index contributed by atoms with van der Waals surface area (Å²) in [6.07, 6.45) is 1.35. The Balaban J connectivity index is 2.31. The number of rotatable bonds is 3. The van der Waals surface area contributed by atoms with Crippen LogP contribution in [-0.2, 0) is 6.54 Å². The van der Waals surface area contributed by atoms with Gasteiger partial charge in [-0.1, -0.05) is 23.7 Å². The zero-order chi connectivity index (χ0) is 13.1. The molecular weight excluding hydrogens is 256 g/mol. The normalized spacial score (nSPS) is 10.0. The van der Waals surface area contributed by atoms with Crippen LogP contribution in [0.15, 0.2) is 30.5 Å². The third kappa shape index (κ3) is 2.47. The van der Waals surface area contributed by atoms with Gasteiger partial charge in [-0.25, -0.2) is 0 Å². The maximum atomic E-state index is 10.7. The third-order valence-corrected chi connectivity index (χ3v) is 2.50. The molecule has 0 bridgehead atoms. The van der Waals surface area contributed by atoms with Crippen molar-refractivity contribution in [2.75, 3.05) is 0 Å². The van der Waals surface area contributed by atoms with E-state index in [1.54, 1.807) is 24.3 Å². The lowest BCUT2D eigenvalue weighted by atomic mass is 10.2. The second-order valence-electron chi connectivity index (χ2n) is 3.56. The van der Waals surface area contributed by atoms with Gasteiger partial charge in [0.2, 0.25) is 0 Å². The van der Waals surface area contributed by atoms with Gasteiger partial charge < -0.3 is 10.1 Å². The molecule has 0 fully saturated rings. The summed E-state index contributed by atoms with van der Waals surface area (Å²) in [6, 6.07) is 8.82. The lowest BCUT2D eigenvalue weighted by Gasteiger charge is -1.98. The van der Waals surface area contributed by atoms with Gasteiger partial charge in [-0.2, -0.15) is 9.94 Å². The molecule has 0 saturated carbocycles. The van der Waals surface area contributed by atoms with Crippen LogP contribution < -0.4 is 0 Å². The van der Waals surface area contributed by atoms with Crippen LogP contribution >= 0.6 is 11.6 Å². The number of nitro groups is 1. The first-order chi connectivity index (χ1) is 8.60. The van der Waals surface area contributed by atoms with E-state index in [1.165, 1.54) is 10.9 Å². The van der Waals surface area contributed by atoms with Gasteiger partial charge in [0, 0.05) is 5.02 Å². The number of benzene rings is 1. The number of nitriles is 1. The molecule has 90 valence electrons. The lowest BCUT2D eigenvalue weighted by molar-refractivity contribution is -0.390. The third-order valence-electron chi connectivity index (χ3n) is 2.27. The van der Waals surface area contributed by atoms with Crippen LogP contribution in [-0.4, -0.2) is 14.7 Å². The van der Waals surface area contributed by atoms with Crippen LogP contribution in [0.25, 0.3) is 0 Å². The molecule has 0 radical (unpaired) electrons. The quantitative estimate of drug-likeness (QED) is 0.628. The molecular formula is C11H7ClN4O2. The Morgan fingerprint density at radius 1 is 1.56 bits per heavy atom. The fraction of sp³-hybridized carbons (Fsp3) is 0.0909. The van der Waals surface area contributed by atoms with E-state index in [9.17, 15) is 10.1 Å². The zero-order valence-electron chi connectivity index (χ0n) is 9.08. The average molecular weight is 263 g/mol. The number of nitrogens with zero attached hydrogens (tertiary/aromatic N) is 4. The molecule has 0 unspecified atom stereocenters. The average Bonchev–Trinajstić information content (AvgIpc) is 2.72. The monoisotopic (exact) mass is 262 g/mol. The van der Waals surface area contributed by atoms with E-state index in [1.807, 2.05) is 6.07 Å². The molecule has 0 aliphatic rings. The van der Waals surface area contributed by atoms with Gasteiger partial charge in [-0.3, -0.25) is 0 Å². The summed E-state index contributed by atoms with van der Waals surface area (Å²) in [5.41, 5.74) is 0.798. The van der Waals surface area contributed by atoms with Gasteiger partial charge in [0.25, 0.3) is 0 Å². The van der Waals surface area contributed by atoms with E-state index in [0.29, 0.717) is 11.6 Å². The standard InChI is InChI=1S/C11H7ClN4O2/c12-10-3-1-2-8(4-10)6-15-7-9(5-13)11(14-15)16(17)18/h1-4,7H,6H2. The van der Waals surface area contributed by atoms with Crippen molar-refractivity contribution in [3.63, 3.8) is 0 Å². The Bertz CT molecular complexity index is 645. The van der Waals surface area contributed by atoms with E-state index in [0.717, 1.165) is 5.56 Å². The predicted octanol–water partition coefficient (Wildman–Crippen LogP) is 2.36. The SMILES string of the molecule is N#Cc1cn(Cc2cccc(Cl)c2)nc1[N+](=O)[O-]. The number of aromatic nitrogens is 2. The second kappa shape index (κ2) is 4.85. The van der Waals surface area contributed by atoms with Crippen molar-refractivity contribution in [2.24, 2.45) is 0 Å². The zero-order valence-corrected chi connectivity index (χ0v) is 9.83. The summed E-state index contributed by atoms with van der Waals surface area (Å²) >= 11 is 5.84. The van der Waals surface area contributed by atoms with E-state index in [4.69, 9.17) is 16.9 Å². The number of halogens is 1. The van der Waals surface area contributed by atoms with Crippen LogP contribution in [0.1, 0.15) is 11.1 Å². The minimum atomic E-state index is -0.674. The summed E-state index contributed by atoms with van der Waals surface area (Å²) in [5, 5.41) is 23.8. The van der Waals surface area contributed by atoms with Crippen LogP contribution in [0.2, 0.25) is 5.02 Å². The van der Waals surface area contributed by atoms with Gasteiger partial charge >= 0.3 is 5.82 Å². The minimum Gasteiger partial charge on any atom is -0.358 e. The molecule has 0 spiro atoms. The van der Waals surface area contributed by atoms with Crippen LogP contribution in [0.4, 0.5) is 5.82 Å². The molecule has 7 heteroatoms. The van der Waals surface area contributed by atoms with Crippen LogP contribution in [0.5, 0.6) is 0 Å². The van der Waals surface area contributed by atoms with Crippen molar-refractivity contribution in [2.45, 2.75) is 6.54 Å². The summed E-state index contributed by atoms with van der Waals surface area (Å²) < 4.78 is 1.35. The molecule has 0 saturated heterocycles. The molecule has 0 N–H and O–H groups in total. The van der Waals surface area contributed by atoms with Crippen molar-refractivity contribution in [3.05, 3.63) is 56.7 Å². The first-order valence-corrected chi connectivity index (χ1v) is 5.34. The Morgan fingerprint density at radius 3 is 2.89 bits per heavy atom. The Morgan fingerprint density at radius 2 is 2.33 bits per heavy atom. The van der Waals surface area contributed by atoms with E-state index >= 15 is 0 Å². The first-order valence-electron chi connectivity index (χ1n) is 4.96. The molecule has 0 atom stereocenters. The fourth-order valence-corrected chi connectivity index (χ4v) is 1.74. The highest BCUT2D eigenvalue weighted by Crippen LogP contribution is 2.16. The topological polar surface area (TPSA) is 84.8 Å². The van der Waals surface area contributed by atoms with Crippen molar-refractivity contribution in [1.29, 1.82) is 5.26 Å². The van der Waals surface area contributed by atoms with Crippen molar-refractivity contribution < 1.29 is 4.92 Å². The van der Waals surface area contributed by atoms with Gasteiger partial charge in [-0.05, 0) is 22.6 Å². The molecule has 0 amide bonds. The van der Waals surface area contributed by atoms with Crippen LogP contribution in [0.3, 0.4) is 0 Å². The molecule has 0 aliphatic carbocycles. The molecule has 2 aromatic rings. The second-order valence-corrected chi connectivity index (χ2v) is 4.00. The highest BCUT2D eigenvalue weighted by Gasteiger charge is 2.20. The molecule has 2 rings (SSSR count). The maximum absolute atomic E-state index is 10.7. The Kier molecular flexibility index (Phi) is 3.26. The smallest absolute Gasteiger partial charge is 0.358 e. The predicted molar refractivity (Wildman–Crippen MR) is 64.2 cm³/mol. The molecule has 1 aromatic carbocycles. The van der Waals surface area contributed by atoms with Gasteiger partial charge in [0.05, 0.1) is 17.8 Å². The van der Waals surface area contributed by atoms with E-state index < -0.39 is 10.7 Å². The molecule has 6 nitrogen and oxygen atoms in total. The number of hydrogen-bond acceptors (Lipinski definition) is 4. The summed E-state index contributed by atoms with van der Waals surface area (Å²) in [5.74, 6) is -0.431. The van der Waals surface area contributed by atoms with Crippen molar-refractivity contribution in [3.8, 4) is 6.07 Å². The summed E-state index contributed by atoms with van der Waals surface area (Å²) in [4.78, 5) is 9.98. The van der Waals surface area contributed by atoms with Gasteiger partial charge in [0.1, 0.15) is 6.07 Å². The molecule has 0 aliphatic heterocycles. The van der Waals surface area contributed by atoms with Crippen molar-refractivity contribution in [1.82, 2.24) is 9.78 Å².